The molecule has 0 fully saturated rings. The number of carbonyl (C=O) groups excluding carboxylic acids is 1. The zero-order valence-electron chi connectivity index (χ0n) is 13.7. The van der Waals surface area contributed by atoms with E-state index in [4.69, 9.17) is 0 Å². The summed E-state index contributed by atoms with van der Waals surface area (Å²) in [6.07, 6.45) is 1.73. The fourth-order valence-electron chi connectivity index (χ4n) is 2.62. The van der Waals surface area contributed by atoms with Crippen molar-refractivity contribution in [2.75, 3.05) is 12.4 Å². The normalized spacial score (nSPS) is 10.8. The largest absolute Gasteiger partial charge is 0.354 e. The lowest BCUT2D eigenvalue weighted by Gasteiger charge is -2.06. The van der Waals surface area contributed by atoms with Gasteiger partial charge in [0.2, 0.25) is 5.95 Å². The summed E-state index contributed by atoms with van der Waals surface area (Å²) < 4.78 is 1.02. The van der Waals surface area contributed by atoms with Crippen LogP contribution in [0.4, 0.5) is 11.6 Å². The molecule has 0 aliphatic carbocycles. The summed E-state index contributed by atoms with van der Waals surface area (Å²) >= 11 is 5.16. The van der Waals surface area contributed by atoms with Crippen molar-refractivity contribution in [3.63, 3.8) is 0 Å². The molecule has 4 aromatic rings. The summed E-state index contributed by atoms with van der Waals surface area (Å²) in [5.74, 6) is 0.373. The van der Waals surface area contributed by atoms with Gasteiger partial charge in [0.25, 0.3) is 5.91 Å². The van der Waals surface area contributed by atoms with Crippen molar-refractivity contribution in [1.29, 1.82) is 0 Å². The van der Waals surface area contributed by atoms with Gasteiger partial charge in [-0.3, -0.25) is 4.79 Å². The first kappa shape index (κ1) is 16.7. The van der Waals surface area contributed by atoms with E-state index in [2.05, 4.69) is 41.5 Å². The van der Waals surface area contributed by atoms with Crippen molar-refractivity contribution in [2.24, 2.45) is 0 Å². The highest BCUT2D eigenvalue weighted by Crippen LogP contribution is 2.32. The molecule has 0 atom stereocenters. The number of H-pyrrole nitrogens is 1. The highest BCUT2D eigenvalue weighted by atomic mass is 79.9. The van der Waals surface area contributed by atoms with Gasteiger partial charge in [-0.2, -0.15) is 0 Å². The van der Waals surface area contributed by atoms with Crippen molar-refractivity contribution >= 4 is 55.7 Å². The molecule has 0 aliphatic heterocycles. The van der Waals surface area contributed by atoms with Crippen molar-refractivity contribution in [3.8, 4) is 10.6 Å². The number of halogens is 1. The standard InChI is InChI=1S/C18H14BrN5OS/c1-20-17(25)15-9-10-8-11(2-3-13(10)23-15)22-18-21-6-4-14(24-18)16-12(19)5-7-26-16/h2-9,23H,1H3,(H,20,25)(H,21,22,24). The predicted octanol–water partition coefficient (Wildman–Crippen LogP) is 4.55. The van der Waals surface area contributed by atoms with E-state index in [1.54, 1.807) is 24.6 Å². The van der Waals surface area contributed by atoms with Gasteiger partial charge in [-0.05, 0) is 57.7 Å². The lowest BCUT2D eigenvalue weighted by atomic mass is 10.2. The SMILES string of the molecule is CNC(=O)c1cc2cc(Nc3nccc(-c4sccc4Br)n3)ccc2[nH]1. The fourth-order valence-corrected chi connectivity index (χ4v) is 4.16. The van der Waals surface area contributed by atoms with Crippen LogP contribution in [0, 0.1) is 0 Å². The molecule has 1 amide bonds. The van der Waals surface area contributed by atoms with Crippen LogP contribution in [-0.4, -0.2) is 27.9 Å². The van der Waals surface area contributed by atoms with Crippen LogP contribution in [0.15, 0.2) is 52.4 Å². The number of nitrogens with one attached hydrogen (secondary N) is 3. The molecule has 4 rings (SSSR count). The molecule has 26 heavy (non-hydrogen) atoms. The summed E-state index contributed by atoms with van der Waals surface area (Å²) in [5, 5.41) is 8.78. The summed E-state index contributed by atoms with van der Waals surface area (Å²) in [7, 11) is 1.61. The van der Waals surface area contributed by atoms with E-state index in [1.807, 2.05) is 41.8 Å². The second kappa shape index (κ2) is 6.89. The molecule has 130 valence electrons. The molecule has 8 heteroatoms. The molecular formula is C18H14BrN5OS. The second-order valence-electron chi connectivity index (χ2n) is 5.55. The molecule has 0 saturated heterocycles. The smallest absolute Gasteiger partial charge is 0.267 e. The number of thiophene rings is 1. The van der Waals surface area contributed by atoms with Crippen LogP contribution in [0.2, 0.25) is 0 Å². The first-order valence-electron chi connectivity index (χ1n) is 7.82. The maximum atomic E-state index is 11.8. The number of nitrogens with zero attached hydrogens (tertiary/aromatic N) is 2. The van der Waals surface area contributed by atoms with Gasteiger partial charge in [0.1, 0.15) is 5.69 Å². The van der Waals surface area contributed by atoms with Crippen molar-refractivity contribution < 1.29 is 4.79 Å². The molecule has 3 aromatic heterocycles. The van der Waals surface area contributed by atoms with Gasteiger partial charge in [-0.25, -0.2) is 9.97 Å². The Morgan fingerprint density at radius 2 is 2.12 bits per heavy atom. The second-order valence-corrected chi connectivity index (χ2v) is 7.32. The lowest BCUT2D eigenvalue weighted by molar-refractivity contribution is 0.0959. The Morgan fingerprint density at radius 1 is 1.23 bits per heavy atom. The third-order valence-electron chi connectivity index (χ3n) is 3.85. The van der Waals surface area contributed by atoms with Gasteiger partial charge in [0, 0.05) is 34.3 Å². The van der Waals surface area contributed by atoms with E-state index in [-0.39, 0.29) is 5.91 Å². The minimum absolute atomic E-state index is 0.145. The average molecular weight is 428 g/mol. The van der Waals surface area contributed by atoms with Crippen LogP contribution in [0.3, 0.4) is 0 Å². The third kappa shape index (κ3) is 3.21. The Labute approximate surface area is 161 Å². The van der Waals surface area contributed by atoms with Gasteiger partial charge in [-0.15, -0.1) is 11.3 Å². The molecule has 3 heterocycles. The molecule has 0 spiro atoms. The first-order chi connectivity index (χ1) is 12.6. The number of amides is 1. The number of rotatable bonds is 4. The van der Waals surface area contributed by atoms with Gasteiger partial charge >= 0.3 is 0 Å². The average Bonchev–Trinajstić information content (AvgIpc) is 3.27. The quantitative estimate of drug-likeness (QED) is 0.445. The summed E-state index contributed by atoms with van der Waals surface area (Å²) in [5.41, 5.74) is 3.13. The third-order valence-corrected chi connectivity index (χ3v) is 5.71. The van der Waals surface area contributed by atoms with E-state index in [9.17, 15) is 4.79 Å². The van der Waals surface area contributed by atoms with Crippen LogP contribution in [0.1, 0.15) is 10.5 Å². The van der Waals surface area contributed by atoms with E-state index < -0.39 is 0 Å². The number of carbonyl (C=O) groups is 1. The molecule has 0 bridgehead atoms. The van der Waals surface area contributed by atoms with Crippen LogP contribution in [0.5, 0.6) is 0 Å². The monoisotopic (exact) mass is 427 g/mol. The van der Waals surface area contributed by atoms with Crippen molar-refractivity contribution in [1.82, 2.24) is 20.3 Å². The van der Waals surface area contributed by atoms with Crippen LogP contribution in [-0.2, 0) is 0 Å². The first-order valence-corrected chi connectivity index (χ1v) is 9.49. The zero-order chi connectivity index (χ0) is 18.1. The zero-order valence-corrected chi connectivity index (χ0v) is 16.1. The van der Waals surface area contributed by atoms with E-state index >= 15 is 0 Å². The Morgan fingerprint density at radius 3 is 2.88 bits per heavy atom. The predicted molar refractivity (Wildman–Crippen MR) is 108 cm³/mol. The van der Waals surface area contributed by atoms with Crippen molar-refractivity contribution in [3.05, 3.63) is 58.1 Å². The number of anilines is 2. The van der Waals surface area contributed by atoms with Crippen LogP contribution in [0.25, 0.3) is 21.5 Å². The van der Waals surface area contributed by atoms with Crippen molar-refractivity contribution in [2.45, 2.75) is 0 Å². The van der Waals surface area contributed by atoms with Gasteiger partial charge in [0.05, 0.1) is 10.6 Å². The maximum Gasteiger partial charge on any atom is 0.267 e. The number of fused-ring (bicyclic) bond motifs is 1. The number of benzene rings is 1. The molecule has 0 saturated carbocycles. The topological polar surface area (TPSA) is 82.7 Å². The van der Waals surface area contributed by atoms with Crippen LogP contribution >= 0.6 is 27.3 Å². The number of aromatic amines is 1. The lowest BCUT2D eigenvalue weighted by Crippen LogP contribution is -2.17. The molecule has 3 N–H and O–H groups in total. The Hall–Kier alpha value is -2.71. The van der Waals surface area contributed by atoms with Gasteiger partial charge in [-0.1, -0.05) is 0 Å². The highest BCUT2D eigenvalue weighted by Gasteiger charge is 2.10. The molecule has 0 aliphatic rings. The minimum atomic E-state index is -0.145. The Bertz CT molecular complexity index is 1100. The number of hydrogen-bond donors (Lipinski definition) is 3. The van der Waals surface area contributed by atoms with Gasteiger partial charge < -0.3 is 15.6 Å². The fraction of sp³-hybridized carbons (Fsp3) is 0.0556. The molecular weight excluding hydrogens is 414 g/mol. The minimum Gasteiger partial charge on any atom is -0.354 e. The summed E-state index contributed by atoms with van der Waals surface area (Å²) in [6.45, 7) is 0. The Balaban J connectivity index is 1.63. The van der Waals surface area contributed by atoms with Gasteiger partial charge in [0.15, 0.2) is 0 Å². The Kier molecular flexibility index (Phi) is 4.44. The molecule has 1 aromatic carbocycles. The number of aromatic nitrogens is 3. The molecule has 0 radical (unpaired) electrons. The maximum absolute atomic E-state index is 11.8. The van der Waals surface area contributed by atoms with E-state index in [1.165, 1.54) is 0 Å². The van der Waals surface area contributed by atoms with Crippen LogP contribution < -0.4 is 10.6 Å². The van der Waals surface area contributed by atoms with E-state index in [0.29, 0.717) is 11.6 Å². The summed E-state index contributed by atoms with van der Waals surface area (Å²) in [6, 6.07) is 11.5. The summed E-state index contributed by atoms with van der Waals surface area (Å²) in [4.78, 5) is 24.8. The van der Waals surface area contributed by atoms with E-state index in [0.717, 1.165) is 31.6 Å². The molecule has 6 nitrogen and oxygen atoms in total. The molecule has 0 unspecified atom stereocenters. The highest BCUT2D eigenvalue weighted by molar-refractivity contribution is 9.10. The number of hydrogen-bond acceptors (Lipinski definition) is 5.